The molecular formula is C28H33NO6. The molecule has 2 aliphatic heterocycles. The van der Waals surface area contributed by atoms with E-state index < -0.39 is 17.7 Å². The molecule has 2 aromatic carbocycles. The molecular weight excluding hydrogens is 446 g/mol. The van der Waals surface area contributed by atoms with Crippen molar-refractivity contribution in [3.63, 3.8) is 0 Å². The number of benzene rings is 2. The number of likely N-dealkylation sites (tertiary alicyclic amines) is 1. The zero-order valence-corrected chi connectivity index (χ0v) is 20.6. The number of amides is 1. The van der Waals surface area contributed by atoms with Crippen LogP contribution < -0.4 is 9.47 Å². The number of ether oxygens (including phenoxy) is 3. The zero-order valence-electron chi connectivity index (χ0n) is 20.6. The minimum Gasteiger partial charge on any atom is -0.507 e. The van der Waals surface area contributed by atoms with Gasteiger partial charge in [-0.25, -0.2) is 0 Å². The van der Waals surface area contributed by atoms with Gasteiger partial charge in [0.1, 0.15) is 23.4 Å². The maximum absolute atomic E-state index is 13.2. The molecule has 0 saturated carbocycles. The van der Waals surface area contributed by atoms with Crippen molar-refractivity contribution >= 4 is 17.4 Å². The van der Waals surface area contributed by atoms with Crippen LogP contribution in [0.2, 0.25) is 0 Å². The number of hydrogen-bond donors (Lipinski definition) is 1. The van der Waals surface area contributed by atoms with E-state index in [-0.39, 0.29) is 30.6 Å². The summed E-state index contributed by atoms with van der Waals surface area (Å²) in [6.07, 6.45) is 3.92. The molecule has 2 aromatic rings. The number of hydrogen-bond acceptors (Lipinski definition) is 6. The molecule has 7 nitrogen and oxygen atoms in total. The van der Waals surface area contributed by atoms with Crippen LogP contribution in [-0.4, -0.2) is 54.7 Å². The van der Waals surface area contributed by atoms with Crippen molar-refractivity contribution in [2.24, 2.45) is 0 Å². The summed E-state index contributed by atoms with van der Waals surface area (Å²) in [5, 5.41) is 11.3. The number of methoxy groups -OCH3 is 1. The molecule has 0 aliphatic carbocycles. The molecule has 4 rings (SSSR count). The Morgan fingerprint density at radius 1 is 1.14 bits per heavy atom. The number of fused-ring (bicyclic) bond motifs is 1. The van der Waals surface area contributed by atoms with Crippen molar-refractivity contribution in [3.8, 4) is 11.5 Å². The van der Waals surface area contributed by atoms with Gasteiger partial charge in [-0.05, 0) is 54.8 Å². The number of aliphatic hydroxyl groups is 1. The fraction of sp³-hybridized carbons (Fsp3) is 0.429. The molecule has 0 spiro atoms. The Balaban J connectivity index is 1.73. The molecule has 2 aliphatic rings. The van der Waals surface area contributed by atoms with Crippen molar-refractivity contribution < 1.29 is 28.9 Å². The highest BCUT2D eigenvalue weighted by atomic mass is 16.5. The van der Waals surface area contributed by atoms with E-state index in [1.54, 1.807) is 19.2 Å². The molecule has 1 saturated heterocycles. The highest BCUT2D eigenvalue weighted by Crippen LogP contribution is 2.41. The molecule has 0 bridgehead atoms. The van der Waals surface area contributed by atoms with Gasteiger partial charge in [-0.3, -0.25) is 9.59 Å². The second kappa shape index (κ2) is 11.0. The first-order valence-electron chi connectivity index (χ1n) is 12.2. The smallest absolute Gasteiger partial charge is 0.295 e. The highest BCUT2D eigenvalue weighted by Gasteiger charge is 2.46. The van der Waals surface area contributed by atoms with Gasteiger partial charge < -0.3 is 24.2 Å². The van der Waals surface area contributed by atoms with Gasteiger partial charge in [-0.15, -0.1) is 0 Å². The Kier molecular flexibility index (Phi) is 7.76. The fourth-order valence-electron chi connectivity index (χ4n) is 4.69. The van der Waals surface area contributed by atoms with Crippen LogP contribution in [0.15, 0.2) is 48.0 Å². The zero-order chi connectivity index (χ0) is 24.9. The highest BCUT2D eigenvalue weighted by molar-refractivity contribution is 6.46. The van der Waals surface area contributed by atoms with Crippen molar-refractivity contribution in [1.82, 2.24) is 4.90 Å². The second-order valence-corrected chi connectivity index (χ2v) is 9.07. The lowest BCUT2D eigenvalue weighted by atomic mass is 9.94. The fourth-order valence-corrected chi connectivity index (χ4v) is 4.69. The summed E-state index contributed by atoms with van der Waals surface area (Å²) in [4.78, 5) is 27.7. The molecule has 7 heteroatoms. The quantitative estimate of drug-likeness (QED) is 0.231. The summed E-state index contributed by atoms with van der Waals surface area (Å²) in [5.74, 6) is -0.104. The van der Waals surface area contributed by atoms with Crippen LogP contribution in [-0.2, 0) is 20.7 Å². The average molecular weight is 480 g/mol. The molecule has 35 heavy (non-hydrogen) atoms. The lowest BCUT2D eigenvalue weighted by Crippen LogP contribution is -2.32. The first kappa shape index (κ1) is 24.8. The normalized spacial score (nSPS) is 20.7. The van der Waals surface area contributed by atoms with Crippen LogP contribution in [0.5, 0.6) is 11.5 Å². The lowest BCUT2D eigenvalue weighted by molar-refractivity contribution is -0.140. The van der Waals surface area contributed by atoms with Gasteiger partial charge in [0.05, 0.1) is 24.8 Å². The third-order valence-corrected chi connectivity index (χ3v) is 6.44. The second-order valence-electron chi connectivity index (χ2n) is 9.07. The maximum atomic E-state index is 13.2. The van der Waals surface area contributed by atoms with E-state index in [9.17, 15) is 14.7 Å². The topological polar surface area (TPSA) is 85.3 Å². The molecule has 186 valence electrons. The third-order valence-electron chi connectivity index (χ3n) is 6.44. The minimum atomic E-state index is -0.743. The Bertz CT molecular complexity index is 1120. The number of carbonyl (C=O) groups is 2. The van der Waals surface area contributed by atoms with Gasteiger partial charge in [0, 0.05) is 25.6 Å². The summed E-state index contributed by atoms with van der Waals surface area (Å²) in [6, 6.07) is 12.0. The first-order valence-corrected chi connectivity index (χ1v) is 12.2. The van der Waals surface area contributed by atoms with Crippen molar-refractivity contribution in [2.75, 3.05) is 26.9 Å². The van der Waals surface area contributed by atoms with E-state index in [2.05, 4.69) is 6.92 Å². The van der Waals surface area contributed by atoms with Crippen molar-refractivity contribution in [1.29, 1.82) is 0 Å². The number of carbonyl (C=O) groups excluding carboxylic acids is 2. The summed E-state index contributed by atoms with van der Waals surface area (Å²) < 4.78 is 16.9. The van der Waals surface area contributed by atoms with Gasteiger partial charge in [-0.2, -0.15) is 0 Å². The van der Waals surface area contributed by atoms with Crippen LogP contribution in [0, 0.1) is 0 Å². The SMILES string of the molecule is CCCCCOc1cccc([C@H]2/C(=C(\O)c3ccc4c(c3)C[C@H](C)O4)C(=O)C(=O)N2CCOC)c1. The summed E-state index contributed by atoms with van der Waals surface area (Å²) in [6.45, 7) is 5.21. The van der Waals surface area contributed by atoms with Crippen LogP contribution in [0.1, 0.15) is 55.8 Å². The standard InChI is InChI=1S/C28H33NO6/c1-4-5-6-13-34-22-9-7-8-19(17-22)25-24(27(31)28(32)29(25)12-14-33-3)26(30)20-10-11-23-21(16-20)15-18(2)35-23/h7-11,16-18,25,30H,4-6,12-15H2,1-3H3/b26-24+/t18-,25-/m0/s1. The molecule has 1 amide bonds. The molecule has 1 N–H and O–H groups in total. The minimum absolute atomic E-state index is 0.0575. The Labute approximate surface area is 206 Å². The lowest BCUT2D eigenvalue weighted by Gasteiger charge is -2.25. The number of unbranched alkanes of at least 4 members (excludes halogenated alkanes) is 2. The monoisotopic (exact) mass is 479 g/mol. The van der Waals surface area contributed by atoms with E-state index in [1.807, 2.05) is 37.3 Å². The van der Waals surface area contributed by atoms with Crippen LogP contribution in [0.3, 0.4) is 0 Å². The van der Waals surface area contributed by atoms with E-state index >= 15 is 0 Å². The predicted octanol–water partition coefficient (Wildman–Crippen LogP) is 4.65. The Morgan fingerprint density at radius 2 is 1.97 bits per heavy atom. The predicted molar refractivity (Wildman–Crippen MR) is 133 cm³/mol. The molecule has 2 heterocycles. The van der Waals surface area contributed by atoms with E-state index in [4.69, 9.17) is 14.2 Å². The average Bonchev–Trinajstić information content (AvgIpc) is 3.35. The van der Waals surface area contributed by atoms with Crippen LogP contribution >= 0.6 is 0 Å². The molecule has 0 aromatic heterocycles. The van der Waals surface area contributed by atoms with Gasteiger partial charge >= 0.3 is 0 Å². The maximum Gasteiger partial charge on any atom is 0.295 e. The first-order chi connectivity index (χ1) is 16.9. The summed E-state index contributed by atoms with van der Waals surface area (Å²) in [7, 11) is 1.55. The van der Waals surface area contributed by atoms with Gasteiger partial charge in [0.25, 0.3) is 11.7 Å². The van der Waals surface area contributed by atoms with Crippen molar-refractivity contribution in [3.05, 3.63) is 64.7 Å². The van der Waals surface area contributed by atoms with Gasteiger partial charge in [0.15, 0.2) is 0 Å². The van der Waals surface area contributed by atoms with Crippen LogP contribution in [0.4, 0.5) is 0 Å². The Morgan fingerprint density at radius 3 is 2.74 bits per heavy atom. The molecule has 1 fully saturated rings. The number of ketones is 1. The summed E-state index contributed by atoms with van der Waals surface area (Å²) in [5.41, 5.74) is 2.23. The summed E-state index contributed by atoms with van der Waals surface area (Å²) >= 11 is 0. The third kappa shape index (κ3) is 5.20. The van der Waals surface area contributed by atoms with Crippen LogP contribution in [0.25, 0.3) is 5.76 Å². The van der Waals surface area contributed by atoms with E-state index in [0.29, 0.717) is 23.5 Å². The molecule has 0 unspecified atom stereocenters. The van der Waals surface area contributed by atoms with E-state index in [1.165, 1.54) is 4.90 Å². The number of rotatable bonds is 10. The Hall–Kier alpha value is -3.32. The van der Waals surface area contributed by atoms with E-state index in [0.717, 1.165) is 37.0 Å². The van der Waals surface area contributed by atoms with Gasteiger partial charge in [-0.1, -0.05) is 31.9 Å². The van der Waals surface area contributed by atoms with Crippen molar-refractivity contribution in [2.45, 2.75) is 51.7 Å². The molecule has 0 radical (unpaired) electrons. The number of aliphatic hydroxyl groups excluding tert-OH is 1. The largest absolute Gasteiger partial charge is 0.507 e. The van der Waals surface area contributed by atoms with Gasteiger partial charge in [0.2, 0.25) is 0 Å². The molecule has 2 atom stereocenters. The number of nitrogens with zero attached hydrogens (tertiary/aromatic N) is 1. The number of Topliss-reactive ketones (excluding diaryl/α,β-unsaturated/α-hetero) is 1.